The number of benzene rings is 1. The van der Waals surface area contributed by atoms with Crippen molar-refractivity contribution in [2.45, 2.75) is 43.9 Å². The summed E-state index contributed by atoms with van der Waals surface area (Å²) >= 11 is 0. The topological polar surface area (TPSA) is 58.6 Å². The summed E-state index contributed by atoms with van der Waals surface area (Å²) in [5, 5.41) is 1.14. The molecule has 32 heavy (non-hydrogen) atoms. The molecule has 3 aliphatic rings. The average Bonchev–Trinajstić information content (AvgIpc) is 3.68. The van der Waals surface area contributed by atoms with Gasteiger partial charge >= 0.3 is 0 Å². The number of nitrogens with zero attached hydrogens (tertiary/aromatic N) is 4. The molecule has 1 saturated carbocycles. The number of hydrogen-bond donors (Lipinski definition) is 0. The van der Waals surface area contributed by atoms with Crippen LogP contribution in [0.15, 0.2) is 54.9 Å². The summed E-state index contributed by atoms with van der Waals surface area (Å²) in [4.78, 5) is 25.9. The maximum atomic E-state index is 12.2. The van der Waals surface area contributed by atoms with Gasteiger partial charge in [0.2, 0.25) is 5.91 Å². The SMILES string of the molecule is O=C1COC2(CCN(Cc3ccc(-c4ccc5cccnc5c4)nc3)CC2)CN1C1CC1. The summed E-state index contributed by atoms with van der Waals surface area (Å²) in [6, 6.07) is 15.1. The summed E-state index contributed by atoms with van der Waals surface area (Å²) in [6.45, 7) is 3.91. The van der Waals surface area contributed by atoms with Crippen LogP contribution in [0.3, 0.4) is 0 Å². The van der Waals surface area contributed by atoms with E-state index in [-0.39, 0.29) is 18.1 Å². The van der Waals surface area contributed by atoms with Crippen molar-refractivity contribution in [3.8, 4) is 11.3 Å². The number of likely N-dealkylation sites (tertiary alicyclic amines) is 1. The molecule has 0 bridgehead atoms. The molecule has 1 aliphatic carbocycles. The van der Waals surface area contributed by atoms with Crippen LogP contribution in [0.4, 0.5) is 0 Å². The van der Waals surface area contributed by atoms with Gasteiger partial charge in [-0.15, -0.1) is 0 Å². The van der Waals surface area contributed by atoms with Gasteiger partial charge in [-0.25, -0.2) is 0 Å². The van der Waals surface area contributed by atoms with Gasteiger partial charge in [0.05, 0.1) is 23.4 Å². The first-order valence-corrected chi connectivity index (χ1v) is 11.6. The quantitative estimate of drug-likeness (QED) is 0.635. The van der Waals surface area contributed by atoms with Crippen LogP contribution < -0.4 is 0 Å². The molecule has 164 valence electrons. The largest absolute Gasteiger partial charge is 0.363 e. The molecule has 1 amide bonds. The van der Waals surface area contributed by atoms with Crippen molar-refractivity contribution in [1.82, 2.24) is 19.8 Å². The standard InChI is InChI=1S/C26H28N4O2/c31-25-17-32-26(18-30(25)22-6-7-22)9-12-29(13-10-26)16-19-3-8-23(28-15-19)21-5-4-20-2-1-11-27-24(20)14-21/h1-5,8,11,14-15,22H,6-7,9-10,12-13,16-18H2. The van der Waals surface area contributed by atoms with Gasteiger partial charge in [-0.05, 0) is 49.4 Å². The minimum atomic E-state index is -0.140. The van der Waals surface area contributed by atoms with Gasteiger partial charge in [0, 0.05) is 49.0 Å². The van der Waals surface area contributed by atoms with E-state index >= 15 is 0 Å². The first kappa shape index (κ1) is 19.8. The van der Waals surface area contributed by atoms with E-state index in [1.54, 1.807) is 0 Å². The zero-order valence-corrected chi connectivity index (χ0v) is 18.2. The molecule has 0 N–H and O–H groups in total. The van der Waals surface area contributed by atoms with Crippen LogP contribution in [-0.4, -0.2) is 63.6 Å². The second-order valence-corrected chi connectivity index (χ2v) is 9.46. The zero-order valence-electron chi connectivity index (χ0n) is 18.2. The highest BCUT2D eigenvalue weighted by molar-refractivity contribution is 5.83. The Hall–Kier alpha value is -2.83. The molecule has 6 heteroatoms. The van der Waals surface area contributed by atoms with Gasteiger partial charge in [-0.3, -0.25) is 19.7 Å². The monoisotopic (exact) mass is 428 g/mol. The molecule has 3 fully saturated rings. The Morgan fingerprint density at radius 1 is 1.06 bits per heavy atom. The van der Waals surface area contributed by atoms with Gasteiger partial charge in [0.1, 0.15) is 6.61 Å². The molecule has 0 radical (unpaired) electrons. The molecule has 4 heterocycles. The van der Waals surface area contributed by atoms with Crippen molar-refractivity contribution < 1.29 is 9.53 Å². The van der Waals surface area contributed by atoms with Crippen LogP contribution in [0.1, 0.15) is 31.2 Å². The van der Waals surface area contributed by atoms with E-state index in [1.165, 1.54) is 5.56 Å². The Morgan fingerprint density at radius 3 is 2.72 bits per heavy atom. The number of piperidine rings is 1. The summed E-state index contributed by atoms with van der Waals surface area (Å²) < 4.78 is 6.09. The number of ether oxygens (including phenoxy) is 1. The second kappa shape index (κ2) is 7.94. The van der Waals surface area contributed by atoms with E-state index in [0.717, 1.165) is 74.0 Å². The molecule has 1 aromatic carbocycles. The fraction of sp³-hybridized carbons (Fsp3) is 0.423. The lowest BCUT2D eigenvalue weighted by atomic mass is 9.89. The van der Waals surface area contributed by atoms with Crippen molar-refractivity contribution in [1.29, 1.82) is 0 Å². The lowest BCUT2D eigenvalue weighted by Gasteiger charge is -2.47. The Morgan fingerprint density at radius 2 is 1.94 bits per heavy atom. The highest BCUT2D eigenvalue weighted by Crippen LogP contribution is 2.36. The van der Waals surface area contributed by atoms with Gasteiger partial charge in [-0.1, -0.05) is 24.3 Å². The number of fused-ring (bicyclic) bond motifs is 1. The van der Waals surface area contributed by atoms with E-state index < -0.39 is 0 Å². The van der Waals surface area contributed by atoms with Gasteiger partial charge in [0.15, 0.2) is 0 Å². The second-order valence-electron chi connectivity index (χ2n) is 9.46. The molecule has 3 aromatic rings. The number of hydrogen-bond acceptors (Lipinski definition) is 5. The Kier molecular flexibility index (Phi) is 4.92. The smallest absolute Gasteiger partial charge is 0.248 e. The molecule has 0 unspecified atom stereocenters. The fourth-order valence-electron chi connectivity index (χ4n) is 5.05. The Balaban J connectivity index is 1.08. The van der Waals surface area contributed by atoms with Crippen molar-refractivity contribution in [2.75, 3.05) is 26.2 Å². The van der Waals surface area contributed by atoms with Crippen molar-refractivity contribution in [3.05, 3.63) is 60.4 Å². The maximum Gasteiger partial charge on any atom is 0.248 e. The highest BCUT2D eigenvalue weighted by atomic mass is 16.5. The molecule has 2 aliphatic heterocycles. The fourth-order valence-corrected chi connectivity index (χ4v) is 5.05. The zero-order chi connectivity index (χ0) is 21.5. The lowest BCUT2D eigenvalue weighted by Crippen LogP contribution is -2.59. The van der Waals surface area contributed by atoms with E-state index in [2.05, 4.69) is 51.2 Å². The number of pyridine rings is 2. The van der Waals surface area contributed by atoms with Gasteiger partial charge in [-0.2, -0.15) is 0 Å². The third-order valence-electron chi connectivity index (χ3n) is 7.17. The lowest BCUT2D eigenvalue weighted by molar-refractivity contribution is -0.172. The minimum absolute atomic E-state index is 0.140. The Labute approximate surface area is 188 Å². The molecule has 0 atom stereocenters. The molecular formula is C26H28N4O2. The summed E-state index contributed by atoms with van der Waals surface area (Å²) in [5.74, 6) is 0.175. The number of amides is 1. The van der Waals surface area contributed by atoms with Crippen LogP contribution in [0.25, 0.3) is 22.2 Å². The number of morpholine rings is 1. The van der Waals surface area contributed by atoms with Crippen molar-refractivity contribution >= 4 is 16.8 Å². The van der Waals surface area contributed by atoms with Crippen LogP contribution in [0.5, 0.6) is 0 Å². The predicted octanol–water partition coefficient (Wildman–Crippen LogP) is 3.65. The number of aromatic nitrogens is 2. The third-order valence-corrected chi connectivity index (χ3v) is 7.17. The summed E-state index contributed by atoms with van der Waals surface area (Å²) in [6.07, 6.45) is 8.11. The van der Waals surface area contributed by atoms with Crippen LogP contribution >= 0.6 is 0 Å². The average molecular weight is 429 g/mol. The molecule has 2 aromatic heterocycles. The molecule has 2 saturated heterocycles. The van der Waals surface area contributed by atoms with Crippen molar-refractivity contribution in [2.24, 2.45) is 0 Å². The van der Waals surface area contributed by atoms with Gasteiger partial charge in [0.25, 0.3) is 0 Å². The number of carbonyl (C=O) groups excluding carboxylic acids is 1. The van der Waals surface area contributed by atoms with Crippen LogP contribution in [0, 0.1) is 0 Å². The Bertz CT molecular complexity index is 1130. The van der Waals surface area contributed by atoms with E-state index in [9.17, 15) is 4.79 Å². The van der Waals surface area contributed by atoms with E-state index in [1.807, 2.05) is 18.5 Å². The maximum absolute atomic E-state index is 12.2. The summed E-state index contributed by atoms with van der Waals surface area (Å²) in [7, 11) is 0. The number of rotatable bonds is 4. The third kappa shape index (κ3) is 3.89. The van der Waals surface area contributed by atoms with E-state index in [4.69, 9.17) is 9.72 Å². The first-order chi connectivity index (χ1) is 15.7. The predicted molar refractivity (Wildman–Crippen MR) is 123 cm³/mol. The summed E-state index contributed by atoms with van der Waals surface area (Å²) in [5.41, 5.74) is 4.14. The van der Waals surface area contributed by atoms with Crippen molar-refractivity contribution in [3.63, 3.8) is 0 Å². The normalized spacial score (nSPS) is 21.4. The van der Waals surface area contributed by atoms with Crippen LogP contribution in [-0.2, 0) is 16.1 Å². The highest BCUT2D eigenvalue weighted by Gasteiger charge is 2.46. The molecule has 1 spiro atoms. The minimum Gasteiger partial charge on any atom is -0.363 e. The molecular weight excluding hydrogens is 400 g/mol. The van der Waals surface area contributed by atoms with E-state index in [0.29, 0.717) is 6.04 Å². The molecule has 6 nitrogen and oxygen atoms in total. The first-order valence-electron chi connectivity index (χ1n) is 11.6. The van der Waals surface area contributed by atoms with Gasteiger partial charge < -0.3 is 9.64 Å². The number of carbonyl (C=O) groups is 1. The van der Waals surface area contributed by atoms with Crippen LogP contribution in [0.2, 0.25) is 0 Å². The molecule has 6 rings (SSSR count).